The Morgan fingerprint density at radius 2 is 1.84 bits per heavy atom. The van der Waals surface area contributed by atoms with Gasteiger partial charge in [0.15, 0.2) is 0 Å². The molecule has 1 heterocycles. The van der Waals surface area contributed by atoms with E-state index in [9.17, 15) is 0 Å². The third-order valence-corrected chi connectivity index (χ3v) is 3.68. The van der Waals surface area contributed by atoms with Crippen LogP contribution in [0, 0.1) is 12.8 Å². The van der Waals surface area contributed by atoms with Crippen LogP contribution >= 0.6 is 15.9 Å². The average molecular weight is 322 g/mol. The summed E-state index contributed by atoms with van der Waals surface area (Å²) in [6, 6.07) is 8.46. The maximum Gasteiger partial charge on any atom is 0.143 e. The van der Waals surface area contributed by atoms with Gasteiger partial charge in [0.1, 0.15) is 11.6 Å². The molecule has 0 radical (unpaired) electrons. The maximum absolute atomic E-state index is 4.36. The lowest BCUT2D eigenvalue weighted by Gasteiger charge is -2.12. The summed E-state index contributed by atoms with van der Waals surface area (Å²) in [5.41, 5.74) is 2.63. The molecule has 3 nitrogen and oxygen atoms in total. The van der Waals surface area contributed by atoms with Crippen LogP contribution in [0.3, 0.4) is 0 Å². The van der Waals surface area contributed by atoms with Gasteiger partial charge in [-0.1, -0.05) is 54.0 Å². The minimum atomic E-state index is 0.587. The highest BCUT2D eigenvalue weighted by molar-refractivity contribution is 9.08. The number of alkyl halides is 1. The summed E-state index contributed by atoms with van der Waals surface area (Å²) < 4.78 is 2.24. The summed E-state index contributed by atoms with van der Waals surface area (Å²) in [5, 5.41) is 9.39. The molecule has 2 rings (SSSR count). The zero-order valence-electron chi connectivity index (χ0n) is 11.7. The Morgan fingerprint density at radius 1 is 1.16 bits per heavy atom. The Kier molecular flexibility index (Phi) is 4.75. The molecular weight excluding hydrogens is 302 g/mol. The lowest BCUT2D eigenvalue weighted by atomic mass is 10.1. The molecule has 19 heavy (non-hydrogen) atoms. The topological polar surface area (TPSA) is 30.7 Å². The van der Waals surface area contributed by atoms with Gasteiger partial charge < -0.3 is 4.57 Å². The summed E-state index contributed by atoms with van der Waals surface area (Å²) in [7, 11) is 0. The summed E-state index contributed by atoms with van der Waals surface area (Å²) >= 11 is 3.49. The van der Waals surface area contributed by atoms with Crippen LogP contribution in [-0.4, -0.2) is 14.8 Å². The lowest BCUT2D eigenvalue weighted by molar-refractivity contribution is 0.500. The van der Waals surface area contributed by atoms with Crippen molar-refractivity contribution in [1.29, 1.82) is 0 Å². The second-order valence-electron chi connectivity index (χ2n) is 5.27. The second kappa shape index (κ2) is 6.33. The number of aryl methyl sites for hydroxylation is 1. The van der Waals surface area contributed by atoms with Crippen molar-refractivity contribution in [2.45, 2.75) is 39.1 Å². The zero-order valence-corrected chi connectivity index (χ0v) is 13.3. The van der Waals surface area contributed by atoms with E-state index < -0.39 is 0 Å². The zero-order chi connectivity index (χ0) is 13.8. The average Bonchev–Trinajstić information content (AvgIpc) is 2.74. The van der Waals surface area contributed by atoms with E-state index in [1.807, 2.05) is 0 Å². The molecule has 0 amide bonds. The standard InChI is InChI=1S/C15H20BrN3/c1-11(2)10-19-14(17-18-15(19)9-16)8-13-7-5-4-6-12(13)3/h4-7,11H,8-10H2,1-3H3. The van der Waals surface area contributed by atoms with Crippen LogP contribution in [0.2, 0.25) is 0 Å². The van der Waals surface area contributed by atoms with E-state index in [4.69, 9.17) is 0 Å². The molecule has 0 N–H and O–H groups in total. The van der Waals surface area contributed by atoms with Crippen LogP contribution < -0.4 is 0 Å². The molecule has 4 heteroatoms. The van der Waals surface area contributed by atoms with E-state index in [1.165, 1.54) is 11.1 Å². The van der Waals surface area contributed by atoms with Crippen LogP contribution in [0.4, 0.5) is 0 Å². The molecule has 2 aromatic rings. The van der Waals surface area contributed by atoms with Gasteiger partial charge in [-0.2, -0.15) is 0 Å². The molecule has 0 atom stereocenters. The summed E-state index contributed by atoms with van der Waals surface area (Å²) in [5.74, 6) is 2.65. The van der Waals surface area contributed by atoms with Gasteiger partial charge in [0.25, 0.3) is 0 Å². The molecule has 0 aliphatic heterocycles. The van der Waals surface area contributed by atoms with Gasteiger partial charge in [-0.15, -0.1) is 10.2 Å². The molecule has 0 spiro atoms. The molecular formula is C15H20BrN3. The van der Waals surface area contributed by atoms with Gasteiger partial charge in [-0.3, -0.25) is 0 Å². The summed E-state index contributed by atoms with van der Waals surface area (Å²) in [4.78, 5) is 0. The van der Waals surface area contributed by atoms with Crippen molar-refractivity contribution in [3.63, 3.8) is 0 Å². The van der Waals surface area contributed by atoms with E-state index in [0.29, 0.717) is 5.92 Å². The first-order valence-electron chi connectivity index (χ1n) is 6.63. The van der Waals surface area contributed by atoms with Gasteiger partial charge >= 0.3 is 0 Å². The molecule has 0 aliphatic carbocycles. The molecule has 0 bridgehead atoms. The van der Waals surface area contributed by atoms with Crippen molar-refractivity contribution in [2.75, 3.05) is 0 Å². The molecule has 1 aromatic carbocycles. The van der Waals surface area contributed by atoms with Crippen LogP contribution in [0.1, 0.15) is 36.6 Å². The van der Waals surface area contributed by atoms with Crippen molar-refractivity contribution in [1.82, 2.24) is 14.8 Å². The number of halogens is 1. The van der Waals surface area contributed by atoms with Crippen LogP contribution in [0.15, 0.2) is 24.3 Å². The number of nitrogens with zero attached hydrogens (tertiary/aromatic N) is 3. The minimum Gasteiger partial charge on any atom is -0.314 e. The smallest absolute Gasteiger partial charge is 0.143 e. The maximum atomic E-state index is 4.36. The fourth-order valence-corrected chi connectivity index (χ4v) is 2.57. The van der Waals surface area contributed by atoms with E-state index in [1.54, 1.807) is 0 Å². The quantitative estimate of drug-likeness (QED) is 0.785. The highest BCUT2D eigenvalue weighted by Crippen LogP contribution is 2.16. The molecule has 102 valence electrons. The highest BCUT2D eigenvalue weighted by Gasteiger charge is 2.13. The Bertz CT molecular complexity index is 546. The van der Waals surface area contributed by atoms with Crippen molar-refractivity contribution in [3.05, 3.63) is 47.0 Å². The largest absolute Gasteiger partial charge is 0.314 e. The summed E-state index contributed by atoms with van der Waals surface area (Å²) in [6.07, 6.45) is 0.847. The lowest BCUT2D eigenvalue weighted by Crippen LogP contribution is -2.12. The van der Waals surface area contributed by atoms with Crippen molar-refractivity contribution >= 4 is 15.9 Å². The van der Waals surface area contributed by atoms with Gasteiger partial charge in [-0.05, 0) is 24.0 Å². The number of benzene rings is 1. The van der Waals surface area contributed by atoms with Crippen molar-refractivity contribution < 1.29 is 0 Å². The van der Waals surface area contributed by atoms with E-state index in [-0.39, 0.29) is 0 Å². The van der Waals surface area contributed by atoms with Crippen molar-refractivity contribution in [3.8, 4) is 0 Å². The Labute approximate surface area is 123 Å². The first-order chi connectivity index (χ1) is 9.11. The fourth-order valence-electron chi connectivity index (χ4n) is 2.16. The Hall–Kier alpha value is -1.16. The van der Waals surface area contributed by atoms with E-state index in [2.05, 4.69) is 75.7 Å². The number of hydrogen-bond donors (Lipinski definition) is 0. The number of aromatic nitrogens is 3. The third kappa shape index (κ3) is 3.44. The normalized spacial score (nSPS) is 11.2. The van der Waals surface area contributed by atoms with Gasteiger partial charge in [0.2, 0.25) is 0 Å². The Morgan fingerprint density at radius 3 is 2.47 bits per heavy atom. The first kappa shape index (κ1) is 14.3. The molecule has 1 aromatic heterocycles. The predicted molar refractivity (Wildman–Crippen MR) is 81.5 cm³/mol. The predicted octanol–water partition coefficient (Wildman–Crippen LogP) is 3.73. The van der Waals surface area contributed by atoms with Gasteiger partial charge in [0, 0.05) is 13.0 Å². The van der Waals surface area contributed by atoms with Crippen LogP contribution in [0.25, 0.3) is 0 Å². The van der Waals surface area contributed by atoms with Crippen molar-refractivity contribution in [2.24, 2.45) is 5.92 Å². The minimum absolute atomic E-state index is 0.587. The van der Waals surface area contributed by atoms with Crippen LogP contribution in [-0.2, 0) is 18.3 Å². The Balaban J connectivity index is 2.30. The molecule has 0 unspecified atom stereocenters. The first-order valence-corrected chi connectivity index (χ1v) is 7.75. The molecule has 0 aliphatic rings. The van der Waals surface area contributed by atoms with E-state index >= 15 is 0 Å². The van der Waals surface area contributed by atoms with Gasteiger partial charge in [0.05, 0.1) is 5.33 Å². The fraction of sp³-hybridized carbons (Fsp3) is 0.467. The third-order valence-electron chi connectivity index (χ3n) is 3.18. The highest BCUT2D eigenvalue weighted by atomic mass is 79.9. The molecule has 0 saturated heterocycles. The molecule has 0 saturated carbocycles. The van der Waals surface area contributed by atoms with Gasteiger partial charge in [-0.25, -0.2) is 0 Å². The molecule has 0 fully saturated rings. The second-order valence-corrected chi connectivity index (χ2v) is 5.83. The monoisotopic (exact) mass is 321 g/mol. The van der Waals surface area contributed by atoms with E-state index in [0.717, 1.165) is 29.9 Å². The SMILES string of the molecule is Cc1ccccc1Cc1nnc(CBr)n1CC(C)C. The van der Waals surface area contributed by atoms with Crippen LogP contribution in [0.5, 0.6) is 0 Å². The number of hydrogen-bond acceptors (Lipinski definition) is 2. The summed E-state index contributed by atoms with van der Waals surface area (Å²) in [6.45, 7) is 7.55. The number of rotatable bonds is 5.